The molecule has 3 aromatic rings. The lowest BCUT2D eigenvalue weighted by molar-refractivity contribution is -0.146. The van der Waals surface area contributed by atoms with Gasteiger partial charge in [-0.2, -0.15) is 0 Å². The molecule has 3 aromatic carbocycles. The summed E-state index contributed by atoms with van der Waals surface area (Å²) in [6.45, 7) is -0.0299. The first-order chi connectivity index (χ1) is 16.8. The molecule has 4 N–H and O–H groups in total. The molecule has 0 unspecified atom stereocenters. The number of amides is 2. The molecule has 2 amide bonds. The summed E-state index contributed by atoms with van der Waals surface area (Å²) in [4.78, 5) is 35.1. The first-order valence-electron chi connectivity index (χ1n) is 11.0. The number of hydrogen-bond acceptors (Lipinski definition) is 5. The number of anilines is 1. The number of halogens is 1. The van der Waals surface area contributed by atoms with Gasteiger partial charge in [-0.3, -0.25) is 10.1 Å². The Kier molecular flexibility index (Phi) is 7.07. The fraction of sp³-hybridized carbons (Fsp3) is 0.192. The van der Waals surface area contributed by atoms with Gasteiger partial charge in [0, 0.05) is 24.4 Å². The van der Waals surface area contributed by atoms with Crippen LogP contribution in [-0.4, -0.2) is 47.4 Å². The number of aliphatic carboxylic acids is 1. The van der Waals surface area contributed by atoms with Crippen LogP contribution in [0.3, 0.4) is 0 Å². The van der Waals surface area contributed by atoms with Gasteiger partial charge in [-0.05, 0) is 40.5 Å². The van der Waals surface area contributed by atoms with Crippen LogP contribution in [0.4, 0.5) is 14.9 Å². The summed E-state index contributed by atoms with van der Waals surface area (Å²) in [6, 6.07) is 19.3. The molecule has 0 aliphatic heterocycles. The Balaban J connectivity index is 1.34. The van der Waals surface area contributed by atoms with Gasteiger partial charge in [0.05, 0.1) is 5.69 Å². The van der Waals surface area contributed by atoms with E-state index in [4.69, 9.17) is 9.84 Å². The number of carboxylic acids is 1. The van der Waals surface area contributed by atoms with E-state index in [2.05, 4.69) is 10.6 Å². The third-order valence-corrected chi connectivity index (χ3v) is 5.80. The van der Waals surface area contributed by atoms with Gasteiger partial charge in [-0.15, -0.1) is 0 Å². The summed E-state index contributed by atoms with van der Waals surface area (Å²) in [7, 11) is 0. The Morgan fingerprint density at radius 1 is 0.971 bits per heavy atom. The Labute approximate surface area is 200 Å². The number of carbonyl (C=O) groups is 3. The molecule has 0 saturated heterocycles. The van der Waals surface area contributed by atoms with Crippen LogP contribution in [0.5, 0.6) is 0 Å². The molecule has 180 valence electrons. The quantitative estimate of drug-likeness (QED) is 0.391. The van der Waals surface area contributed by atoms with Gasteiger partial charge in [0.2, 0.25) is 0 Å². The lowest BCUT2D eigenvalue weighted by Crippen LogP contribution is -2.30. The summed E-state index contributed by atoms with van der Waals surface area (Å²) in [5.74, 6) is -3.01. The molecule has 0 aromatic heterocycles. The van der Waals surface area contributed by atoms with Crippen LogP contribution in [-0.2, 0) is 9.53 Å². The van der Waals surface area contributed by atoms with Crippen molar-refractivity contribution in [2.75, 3.05) is 18.5 Å². The van der Waals surface area contributed by atoms with Gasteiger partial charge in [-0.25, -0.2) is 14.0 Å². The molecule has 0 fully saturated rings. The molecule has 0 radical (unpaired) electrons. The predicted molar refractivity (Wildman–Crippen MR) is 126 cm³/mol. The molecule has 0 heterocycles. The highest BCUT2D eigenvalue weighted by molar-refractivity contribution is 5.95. The standard InChI is InChI=1S/C26H23FN2O6/c27-21-13-15(24(31)28-12-11-23(30)25(32)33)9-10-22(21)29-26(34)35-14-20-18-7-3-1-5-16(18)17-6-2-4-8-19(17)20/h1-10,13,20,23,30H,11-12,14H2,(H,28,31)(H,29,34)(H,32,33)/t23-/m0/s1. The van der Waals surface area contributed by atoms with E-state index in [1.807, 2.05) is 48.5 Å². The van der Waals surface area contributed by atoms with Crippen molar-refractivity contribution in [3.63, 3.8) is 0 Å². The maximum atomic E-state index is 14.5. The first-order valence-corrected chi connectivity index (χ1v) is 11.0. The fourth-order valence-corrected chi connectivity index (χ4v) is 4.05. The van der Waals surface area contributed by atoms with Crippen LogP contribution in [0.15, 0.2) is 66.7 Å². The number of aliphatic hydroxyl groups excluding tert-OH is 1. The van der Waals surface area contributed by atoms with Crippen LogP contribution in [0.1, 0.15) is 33.8 Å². The normalized spacial score (nSPS) is 12.9. The summed E-state index contributed by atoms with van der Waals surface area (Å²) < 4.78 is 19.9. The van der Waals surface area contributed by atoms with Gasteiger partial charge >= 0.3 is 12.1 Å². The first kappa shape index (κ1) is 23.9. The lowest BCUT2D eigenvalue weighted by Gasteiger charge is -2.15. The number of benzene rings is 3. The topological polar surface area (TPSA) is 125 Å². The van der Waals surface area contributed by atoms with Crippen molar-refractivity contribution in [2.45, 2.75) is 18.4 Å². The molecular formula is C26H23FN2O6. The molecule has 0 saturated carbocycles. The molecular weight excluding hydrogens is 455 g/mol. The van der Waals surface area contributed by atoms with Crippen LogP contribution in [0, 0.1) is 5.82 Å². The summed E-state index contributed by atoms with van der Waals surface area (Å²) in [5, 5.41) is 22.6. The molecule has 35 heavy (non-hydrogen) atoms. The summed E-state index contributed by atoms with van der Waals surface area (Å²) >= 11 is 0. The van der Waals surface area contributed by atoms with Gasteiger partial charge < -0.3 is 20.3 Å². The second kappa shape index (κ2) is 10.4. The summed E-state index contributed by atoms with van der Waals surface area (Å²) in [6.07, 6.45) is -2.62. The Hall–Kier alpha value is -4.24. The number of nitrogens with one attached hydrogen (secondary N) is 2. The van der Waals surface area contributed by atoms with Crippen molar-refractivity contribution < 1.29 is 33.7 Å². The number of rotatable bonds is 8. The van der Waals surface area contributed by atoms with Crippen molar-refractivity contribution in [3.05, 3.63) is 89.2 Å². The van der Waals surface area contributed by atoms with Crippen molar-refractivity contribution in [1.29, 1.82) is 0 Å². The van der Waals surface area contributed by atoms with Crippen molar-refractivity contribution >= 4 is 23.7 Å². The van der Waals surface area contributed by atoms with Crippen LogP contribution in [0.25, 0.3) is 11.1 Å². The second-order valence-electron chi connectivity index (χ2n) is 8.04. The van der Waals surface area contributed by atoms with Gasteiger partial charge in [0.25, 0.3) is 5.91 Å². The summed E-state index contributed by atoms with van der Waals surface area (Å²) in [5.41, 5.74) is 4.12. The number of ether oxygens (including phenoxy) is 1. The largest absolute Gasteiger partial charge is 0.479 e. The van der Waals surface area contributed by atoms with E-state index in [0.717, 1.165) is 28.3 Å². The maximum absolute atomic E-state index is 14.5. The number of aliphatic hydroxyl groups is 1. The van der Waals surface area contributed by atoms with E-state index in [-0.39, 0.29) is 36.7 Å². The van der Waals surface area contributed by atoms with Gasteiger partial charge in [0.15, 0.2) is 6.10 Å². The number of hydrogen-bond donors (Lipinski definition) is 4. The van der Waals surface area contributed by atoms with Crippen molar-refractivity contribution in [1.82, 2.24) is 5.32 Å². The van der Waals surface area contributed by atoms with Crippen molar-refractivity contribution in [3.8, 4) is 11.1 Å². The van der Waals surface area contributed by atoms with E-state index in [0.29, 0.717) is 0 Å². The average Bonchev–Trinajstić information content (AvgIpc) is 3.17. The van der Waals surface area contributed by atoms with Crippen LogP contribution in [0.2, 0.25) is 0 Å². The average molecular weight is 478 g/mol. The Bertz CT molecular complexity index is 1230. The minimum atomic E-state index is -1.60. The number of carbonyl (C=O) groups excluding carboxylic acids is 2. The van der Waals surface area contributed by atoms with E-state index in [1.165, 1.54) is 12.1 Å². The Morgan fingerprint density at radius 2 is 1.60 bits per heavy atom. The molecule has 1 aliphatic carbocycles. The van der Waals surface area contributed by atoms with E-state index in [9.17, 15) is 23.9 Å². The zero-order valence-electron chi connectivity index (χ0n) is 18.5. The smallest absolute Gasteiger partial charge is 0.411 e. The zero-order valence-corrected chi connectivity index (χ0v) is 18.5. The fourth-order valence-electron chi connectivity index (χ4n) is 4.05. The third-order valence-electron chi connectivity index (χ3n) is 5.80. The predicted octanol–water partition coefficient (Wildman–Crippen LogP) is 3.75. The molecule has 8 nitrogen and oxygen atoms in total. The molecule has 1 aliphatic rings. The second-order valence-corrected chi connectivity index (χ2v) is 8.04. The molecule has 0 spiro atoms. The van der Waals surface area contributed by atoms with Crippen LogP contribution >= 0.6 is 0 Å². The van der Waals surface area contributed by atoms with Crippen molar-refractivity contribution in [2.24, 2.45) is 0 Å². The van der Waals surface area contributed by atoms with Gasteiger partial charge in [0.1, 0.15) is 12.4 Å². The minimum Gasteiger partial charge on any atom is -0.479 e. The third kappa shape index (κ3) is 5.30. The van der Waals surface area contributed by atoms with E-state index >= 15 is 0 Å². The molecule has 0 bridgehead atoms. The number of fused-ring (bicyclic) bond motifs is 3. The highest BCUT2D eigenvalue weighted by Crippen LogP contribution is 2.44. The molecule has 9 heteroatoms. The minimum absolute atomic E-state index is 0.0228. The van der Waals surface area contributed by atoms with Gasteiger partial charge in [-0.1, -0.05) is 48.5 Å². The monoisotopic (exact) mass is 478 g/mol. The SMILES string of the molecule is O=C(Nc1ccc(C(=O)NCC[C@H](O)C(=O)O)cc1F)OCC1c2ccccc2-c2ccccc21. The highest BCUT2D eigenvalue weighted by Gasteiger charge is 2.29. The Morgan fingerprint density at radius 3 is 2.20 bits per heavy atom. The zero-order chi connectivity index (χ0) is 24.9. The molecule has 1 atom stereocenters. The van der Waals surface area contributed by atoms with E-state index < -0.39 is 29.9 Å². The number of carboxylic acid groups (broad SMARTS) is 1. The maximum Gasteiger partial charge on any atom is 0.411 e. The van der Waals surface area contributed by atoms with E-state index in [1.54, 1.807) is 0 Å². The highest BCUT2D eigenvalue weighted by atomic mass is 19.1. The molecule has 4 rings (SSSR count). The lowest BCUT2D eigenvalue weighted by atomic mass is 9.98. The van der Waals surface area contributed by atoms with Crippen LogP contribution < -0.4 is 10.6 Å².